The molecule has 9 nitrogen and oxygen atoms in total. The summed E-state index contributed by atoms with van der Waals surface area (Å²) in [5.74, 6) is 1.14. The van der Waals surface area contributed by atoms with Gasteiger partial charge in [0.25, 0.3) is 0 Å². The first kappa shape index (κ1) is 37.8. The van der Waals surface area contributed by atoms with Crippen LogP contribution in [0.4, 0.5) is 5.82 Å². The fraction of sp³-hybridized carbons (Fsp3) is 0.541. The maximum atomic E-state index is 10.4. The molecule has 3 aromatic heterocycles. The summed E-state index contributed by atoms with van der Waals surface area (Å²) in [7, 11) is -2.54. The van der Waals surface area contributed by atoms with Crippen LogP contribution in [0.1, 0.15) is 37.3 Å². The number of hydrogen-bond acceptors (Lipinski definition) is 8. The molecule has 0 saturated heterocycles. The fourth-order valence-electron chi connectivity index (χ4n) is 6.25. The minimum atomic E-state index is -1.27. The van der Waals surface area contributed by atoms with E-state index >= 15 is 0 Å². The Labute approximate surface area is 302 Å². The van der Waals surface area contributed by atoms with Gasteiger partial charge in [-0.25, -0.2) is 4.98 Å². The highest BCUT2D eigenvalue weighted by molar-refractivity contribution is 9.10. The van der Waals surface area contributed by atoms with Gasteiger partial charge < -0.3 is 24.6 Å². The van der Waals surface area contributed by atoms with Crippen LogP contribution >= 0.6 is 15.9 Å². The van der Waals surface area contributed by atoms with Crippen molar-refractivity contribution >= 4 is 43.5 Å². The van der Waals surface area contributed by atoms with Gasteiger partial charge in [-0.15, -0.1) is 0 Å². The van der Waals surface area contributed by atoms with E-state index in [0.717, 1.165) is 81.8 Å². The molecule has 3 heterocycles. The van der Waals surface area contributed by atoms with Crippen LogP contribution in [0, 0.1) is 5.92 Å². The number of hydrogen-bond donors (Lipinski definition) is 2. The van der Waals surface area contributed by atoms with Crippen molar-refractivity contribution in [2.24, 2.45) is 5.92 Å². The van der Waals surface area contributed by atoms with Crippen LogP contribution in [0.25, 0.3) is 28.0 Å². The molecule has 1 aromatic carbocycles. The average Bonchev–Trinajstić information content (AvgIpc) is 3.50. The summed E-state index contributed by atoms with van der Waals surface area (Å²) in [6.45, 7) is 16.1. The molecular formula is C37H54BrN5O4Si2. The van der Waals surface area contributed by atoms with Crippen LogP contribution in [0.2, 0.25) is 51.4 Å². The molecule has 49 heavy (non-hydrogen) atoms. The van der Waals surface area contributed by atoms with Crippen molar-refractivity contribution in [2.75, 3.05) is 38.2 Å². The molecule has 0 spiro atoms. The zero-order valence-corrected chi connectivity index (χ0v) is 33.6. The van der Waals surface area contributed by atoms with Crippen LogP contribution in [0.3, 0.4) is 0 Å². The van der Waals surface area contributed by atoms with Gasteiger partial charge in [0, 0.05) is 58.2 Å². The van der Waals surface area contributed by atoms with E-state index < -0.39 is 22.3 Å². The fourth-order valence-corrected chi connectivity index (χ4v) is 8.59. The minimum absolute atomic E-state index is 0.0963. The summed E-state index contributed by atoms with van der Waals surface area (Å²) in [5.41, 5.74) is 5.57. The van der Waals surface area contributed by atoms with Gasteiger partial charge >= 0.3 is 0 Å². The molecule has 0 bridgehead atoms. The van der Waals surface area contributed by atoms with Crippen molar-refractivity contribution in [1.82, 2.24) is 19.6 Å². The summed E-state index contributed by atoms with van der Waals surface area (Å²) < 4.78 is 15.5. The first-order chi connectivity index (χ1) is 23.3. The molecule has 0 amide bonds. The Morgan fingerprint density at radius 1 is 0.878 bits per heavy atom. The highest BCUT2D eigenvalue weighted by Gasteiger charge is 2.32. The number of fused-ring (bicyclic) bond motifs is 1. The lowest BCUT2D eigenvalue weighted by Gasteiger charge is -2.32. The minimum Gasteiger partial charge on any atom is -0.394 e. The number of nitrogens with zero attached hydrogens (tertiary/aromatic N) is 5. The molecule has 1 aliphatic rings. The maximum Gasteiger partial charge on any atom is 0.165 e. The Bertz CT molecular complexity index is 1610. The zero-order chi connectivity index (χ0) is 35.2. The van der Waals surface area contributed by atoms with Crippen LogP contribution < -0.4 is 4.90 Å². The second kappa shape index (κ2) is 16.7. The summed E-state index contributed by atoms with van der Waals surface area (Å²) in [5, 5.41) is 24.9. The van der Waals surface area contributed by atoms with Gasteiger partial charge in [0.15, 0.2) is 11.5 Å². The van der Waals surface area contributed by atoms with Gasteiger partial charge in [-0.05, 0) is 65.7 Å². The third kappa shape index (κ3) is 10.1. The van der Waals surface area contributed by atoms with E-state index in [1.54, 1.807) is 0 Å². The van der Waals surface area contributed by atoms with Crippen LogP contribution in [-0.2, 0) is 9.47 Å². The normalized spacial score (nSPS) is 17.8. The molecule has 2 N–H and O–H groups in total. The average molecular weight is 769 g/mol. The van der Waals surface area contributed by atoms with E-state index in [-0.39, 0.29) is 18.4 Å². The highest BCUT2D eigenvalue weighted by atomic mass is 79.9. The van der Waals surface area contributed by atoms with Crippen molar-refractivity contribution in [3.63, 3.8) is 0 Å². The Hall–Kier alpha value is -2.46. The predicted molar refractivity (Wildman–Crippen MR) is 208 cm³/mol. The van der Waals surface area contributed by atoms with Crippen LogP contribution in [0.15, 0.2) is 59.3 Å². The first-order valence-electron chi connectivity index (χ1n) is 17.6. The number of aliphatic hydroxyl groups is 2. The lowest BCUT2D eigenvalue weighted by atomic mass is 9.78. The van der Waals surface area contributed by atoms with E-state index in [9.17, 15) is 10.2 Å². The molecular weight excluding hydrogens is 715 g/mol. The summed E-state index contributed by atoms with van der Waals surface area (Å²) in [6.07, 6.45) is 6.52. The smallest absolute Gasteiger partial charge is 0.165 e. The van der Waals surface area contributed by atoms with Gasteiger partial charge in [0.2, 0.25) is 0 Å². The predicted octanol–water partition coefficient (Wildman–Crippen LogP) is 8.28. The monoisotopic (exact) mass is 767 g/mol. The van der Waals surface area contributed by atoms with Crippen molar-refractivity contribution in [2.45, 2.75) is 89.1 Å². The molecule has 1 unspecified atom stereocenters. The van der Waals surface area contributed by atoms with E-state index in [2.05, 4.69) is 78.3 Å². The van der Waals surface area contributed by atoms with Crippen LogP contribution in [0.5, 0.6) is 0 Å². The lowest BCUT2D eigenvalue weighted by Crippen LogP contribution is -2.34. The molecule has 5 rings (SSSR count). The largest absolute Gasteiger partial charge is 0.394 e. The number of halogens is 1. The van der Waals surface area contributed by atoms with E-state index in [1.165, 1.54) is 0 Å². The number of aliphatic hydroxyl groups excluding tert-OH is 2. The topological polar surface area (TPSA) is 105 Å². The first-order valence-corrected chi connectivity index (χ1v) is 25.8. The van der Waals surface area contributed by atoms with E-state index in [0.29, 0.717) is 26.7 Å². The van der Waals surface area contributed by atoms with Crippen molar-refractivity contribution in [3.8, 4) is 22.4 Å². The second-order valence-electron chi connectivity index (χ2n) is 15.8. The number of aromatic nitrogens is 4. The summed E-state index contributed by atoms with van der Waals surface area (Å²) in [6, 6.07) is 16.5. The number of pyridine rings is 1. The lowest BCUT2D eigenvalue weighted by molar-refractivity contribution is 0.0300. The van der Waals surface area contributed by atoms with Gasteiger partial charge in [-0.1, -0.05) is 75.7 Å². The van der Waals surface area contributed by atoms with E-state index in [1.807, 2.05) is 41.2 Å². The summed E-state index contributed by atoms with van der Waals surface area (Å²) in [4.78, 5) is 12.3. The Morgan fingerprint density at radius 3 is 2.06 bits per heavy atom. The highest BCUT2D eigenvalue weighted by Crippen LogP contribution is 2.43. The summed E-state index contributed by atoms with van der Waals surface area (Å²) >= 11 is 4.01. The Balaban J connectivity index is 1.54. The Morgan fingerprint density at radius 2 is 1.51 bits per heavy atom. The van der Waals surface area contributed by atoms with Crippen molar-refractivity contribution in [1.29, 1.82) is 0 Å². The SMILES string of the molecule is C[Si](C)(C)CCOCN(COCC[Si](C)(C)C)c1c(Br)c(C2CCC(C(O)CO)CC2)nc2c(-c3ccc(-c4ccccc4)nc3)cnn12. The number of ether oxygens (including phenoxy) is 2. The van der Waals surface area contributed by atoms with Gasteiger partial charge in [0.1, 0.15) is 13.5 Å². The molecule has 1 atom stereocenters. The molecule has 1 aliphatic carbocycles. The zero-order valence-electron chi connectivity index (χ0n) is 30.0. The van der Waals surface area contributed by atoms with Crippen LogP contribution in [-0.4, -0.2) is 85.3 Å². The third-order valence-corrected chi connectivity index (χ3v) is 13.6. The molecule has 266 valence electrons. The molecule has 1 fully saturated rings. The number of benzene rings is 1. The van der Waals surface area contributed by atoms with E-state index in [4.69, 9.17) is 24.5 Å². The van der Waals surface area contributed by atoms with Gasteiger partial charge in [-0.3, -0.25) is 4.98 Å². The maximum absolute atomic E-state index is 10.4. The third-order valence-electron chi connectivity index (χ3n) is 9.41. The van der Waals surface area contributed by atoms with Gasteiger partial charge in [0.05, 0.1) is 34.8 Å². The number of rotatable bonds is 16. The van der Waals surface area contributed by atoms with Crippen molar-refractivity contribution in [3.05, 3.63) is 65.0 Å². The molecule has 1 saturated carbocycles. The standard InChI is InChI=1S/C37H54BrN5O4Si2/c1-48(2,3)20-18-46-25-42(26-47-19-21-49(4,5)6)37-34(38)35(29-14-12-28(13-15-29)33(45)24-44)41-36-31(23-40-43(36)37)30-16-17-32(39-22-30)27-10-8-7-9-11-27/h7-11,16-17,22-23,28-29,33,44-45H,12-15,18-21,24-26H2,1-6H3. The Kier molecular flexibility index (Phi) is 12.9. The molecule has 0 aliphatic heterocycles. The second-order valence-corrected chi connectivity index (χ2v) is 27.9. The number of anilines is 1. The molecule has 12 heteroatoms. The van der Waals surface area contributed by atoms with Crippen molar-refractivity contribution < 1.29 is 19.7 Å². The molecule has 4 aromatic rings. The molecule has 0 radical (unpaired) electrons. The quantitative estimate of drug-likeness (QED) is 0.0667. The van der Waals surface area contributed by atoms with Gasteiger partial charge in [-0.2, -0.15) is 9.61 Å².